The van der Waals surface area contributed by atoms with Gasteiger partial charge in [0, 0.05) is 20.6 Å². The van der Waals surface area contributed by atoms with Crippen molar-refractivity contribution in [1.82, 2.24) is 0 Å². The SMILES string of the molecule is CCc1ccc(Cc2ccc(Br)cc2OC)s1. The monoisotopic (exact) mass is 310 g/mol. The molecular formula is C14H15BrOS. The van der Waals surface area contributed by atoms with E-state index >= 15 is 0 Å². The predicted molar refractivity (Wildman–Crippen MR) is 77.2 cm³/mol. The first kappa shape index (κ1) is 12.7. The highest BCUT2D eigenvalue weighted by atomic mass is 79.9. The third kappa shape index (κ3) is 3.11. The van der Waals surface area contributed by atoms with Gasteiger partial charge in [0.2, 0.25) is 0 Å². The molecule has 0 saturated carbocycles. The molecule has 0 atom stereocenters. The molecule has 0 unspecified atom stereocenters. The van der Waals surface area contributed by atoms with Crippen LogP contribution in [0.3, 0.4) is 0 Å². The van der Waals surface area contributed by atoms with Gasteiger partial charge < -0.3 is 4.74 Å². The highest BCUT2D eigenvalue weighted by Gasteiger charge is 2.06. The van der Waals surface area contributed by atoms with E-state index in [-0.39, 0.29) is 0 Å². The second kappa shape index (κ2) is 5.69. The van der Waals surface area contributed by atoms with Gasteiger partial charge in [-0.05, 0) is 36.2 Å². The standard InChI is InChI=1S/C14H15BrOS/c1-3-12-6-7-13(17-12)8-10-4-5-11(15)9-14(10)16-2/h4-7,9H,3,8H2,1-2H3. The van der Waals surface area contributed by atoms with E-state index in [4.69, 9.17) is 4.74 Å². The molecule has 0 aliphatic carbocycles. The summed E-state index contributed by atoms with van der Waals surface area (Å²) in [6, 6.07) is 10.6. The zero-order valence-electron chi connectivity index (χ0n) is 10.00. The zero-order valence-corrected chi connectivity index (χ0v) is 12.4. The fraction of sp³-hybridized carbons (Fsp3) is 0.286. The van der Waals surface area contributed by atoms with Crippen LogP contribution in [-0.2, 0) is 12.8 Å². The Morgan fingerprint density at radius 3 is 2.59 bits per heavy atom. The van der Waals surface area contributed by atoms with E-state index in [1.807, 2.05) is 17.4 Å². The Balaban J connectivity index is 2.23. The van der Waals surface area contributed by atoms with E-state index in [9.17, 15) is 0 Å². The van der Waals surface area contributed by atoms with Crippen LogP contribution in [0.1, 0.15) is 22.2 Å². The van der Waals surface area contributed by atoms with Crippen LogP contribution in [0.25, 0.3) is 0 Å². The Bertz CT molecular complexity index is 505. The summed E-state index contributed by atoms with van der Waals surface area (Å²) in [5.74, 6) is 0.950. The van der Waals surface area contributed by atoms with Crippen LogP contribution in [0.15, 0.2) is 34.8 Å². The van der Waals surface area contributed by atoms with E-state index < -0.39 is 0 Å². The van der Waals surface area contributed by atoms with Crippen molar-refractivity contribution in [2.75, 3.05) is 7.11 Å². The number of hydrogen-bond donors (Lipinski definition) is 0. The molecule has 0 fully saturated rings. The number of hydrogen-bond acceptors (Lipinski definition) is 2. The molecule has 90 valence electrons. The van der Waals surface area contributed by atoms with Crippen molar-refractivity contribution in [3.8, 4) is 5.75 Å². The van der Waals surface area contributed by atoms with E-state index in [2.05, 4.69) is 47.1 Å². The lowest BCUT2D eigenvalue weighted by atomic mass is 10.1. The molecule has 1 heterocycles. The van der Waals surface area contributed by atoms with Crippen molar-refractivity contribution in [1.29, 1.82) is 0 Å². The van der Waals surface area contributed by atoms with Gasteiger partial charge in [-0.2, -0.15) is 0 Å². The molecule has 17 heavy (non-hydrogen) atoms. The van der Waals surface area contributed by atoms with Crippen LogP contribution in [0.2, 0.25) is 0 Å². The van der Waals surface area contributed by atoms with Crippen LogP contribution in [-0.4, -0.2) is 7.11 Å². The number of benzene rings is 1. The quantitative estimate of drug-likeness (QED) is 0.797. The average Bonchev–Trinajstić information content (AvgIpc) is 2.79. The molecule has 0 saturated heterocycles. The predicted octanol–water partition coefficient (Wildman–Crippen LogP) is 4.67. The minimum Gasteiger partial charge on any atom is -0.496 e. The molecule has 0 radical (unpaired) electrons. The van der Waals surface area contributed by atoms with Gasteiger partial charge >= 0.3 is 0 Å². The first-order valence-corrected chi connectivity index (χ1v) is 7.24. The third-order valence-electron chi connectivity index (χ3n) is 2.68. The largest absolute Gasteiger partial charge is 0.496 e. The smallest absolute Gasteiger partial charge is 0.123 e. The Hall–Kier alpha value is -0.800. The number of methoxy groups -OCH3 is 1. The number of rotatable bonds is 4. The van der Waals surface area contributed by atoms with Crippen LogP contribution in [0.4, 0.5) is 0 Å². The summed E-state index contributed by atoms with van der Waals surface area (Å²) in [5, 5.41) is 0. The van der Waals surface area contributed by atoms with E-state index in [1.165, 1.54) is 15.3 Å². The Morgan fingerprint density at radius 1 is 1.18 bits per heavy atom. The second-order valence-electron chi connectivity index (χ2n) is 3.85. The van der Waals surface area contributed by atoms with Crippen molar-refractivity contribution >= 4 is 27.3 Å². The van der Waals surface area contributed by atoms with Crippen LogP contribution in [0.5, 0.6) is 5.75 Å². The zero-order chi connectivity index (χ0) is 12.3. The molecule has 0 amide bonds. The van der Waals surface area contributed by atoms with Crippen LogP contribution < -0.4 is 4.74 Å². The van der Waals surface area contributed by atoms with E-state index in [1.54, 1.807) is 7.11 Å². The van der Waals surface area contributed by atoms with Gasteiger partial charge in [-0.15, -0.1) is 11.3 Å². The Morgan fingerprint density at radius 2 is 1.94 bits per heavy atom. The van der Waals surface area contributed by atoms with Gasteiger partial charge in [0.1, 0.15) is 5.75 Å². The molecule has 0 aliphatic rings. The third-order valence-corrected chi connectivity index (χ3v) is 4.40. The highest BCUT2D eigenvalue weighted by molar-refractivity contribution is 9.10. The summed E-state index contributed by atoms with van der Waals surface area (Å²) in [7, 11) is 1.72. The van der Waals surface area contributed by atoms with Crippen molar-refractivity contribution in [3.05, 3.63) is 50.1 Å². The highest BCUT2D eigenvalue weighted by Crippen LogP contribution is 2.28. The van der Waals surface area contributed by atoms with Crippen molar-refractivity contribution < 1.29 is 4.74 Å². The fourth-order valence-electron chi connectivity index (χ4n) is 1.76. The maximum Gasteiger partial charge on any atom is 0.123 e. The van der Waals surface area contributed by atoms with E-state index in [0.29, 0.717) is 0 Å². The van der Waals surface area contributed by atoms with Gasteiger partial charge in [-0.25, -0.2) is 0 Å². The molecule has 2 aromatic rings. The summed E-state index contributed by atoms with van der Waals surface area (Å²) in [5.41, 5.74) is 1.24. The van der Waals surface area contributed by atoms with Gasteiger partial charge in [0.25, 0.3) is 0 Å². The molecule has 0 aliphatic heterocycles. The molecule has 1 aromatic heterocycles. The molecule has 1 aromatic carbocycles. The van der Waals surface area contributed by atoms with Gasteiger partial charge in [-0.3, -0.25) is 0 Å². The molecule has 3 heteroatoms. The average molecular weight is 311 g/mol. The number of aryl methyl sites for hydroxylation is 1. The lowest BCUT2D eigenvalue weighted by Gasteiger charge is -2.07. The summed E-state index contributed by atoms with van der Waals surface area (Å²) < 4.78 is 6.46. The maximum absolute atomic E-state index is 5.41. The first-order chi connectivity index (χ1) is 8.22. The van der Waals surface area contributed by atoms with Crippen LogP contribution >= 0.6 is 27.3 Å². The molecule has 0 spiro atoms. The van der Waals surface area contributed by atoms with Crippen LogP contribution in [0, 0.1) is 0 Å². The molecule has 2 rings (SSSR count). The summed E-state index contributed by atoms with van der Waals surface area (Å²) in [4.78, 5) is 2.83. The fourth-order valence-corrected chi connectivity index (χ4v) is 3.08. The second-order valence-corrected chi connectivity index (χ2v) is 6.02. The topological polar surface area (TPSA) is 9.23 Å². The molecule has 0 bridgehead atoms. The molecule has 1 nitrogen and oxygen atoms in total. The summed E-state index contributed by atoms with van der Waals surface area (Å²) in [6.45, 7) is 2.19. The molecular weight excluding hydrogens is 296 g/mol. The maximum atomic E-state index is 5.41. The van der Waals surface area contributed by atoms with E-state index in [0.717, 1.165) is 23.1 Å². The van der Waals surface area contributed by atoms with Crippen molar-refractivity contribution in [3.63, 3.8) is 0 Å². The number of halogens is 1. The summed E-state index contributed by atoms with van der Waals surface area (Å²) >= 11 is 5.34. The normalized spacial score (nSPS) is 10.5. The lowest BCUT2D eigenvalue weighted by Crippen LogP contribution is -1.92. The van der Waals surface area contributed by atoms with Crippen molar-refractivity contribution in [2.45, 2.75) is 19.8 Å². The lowest BCUT2D eigenvalue weighted by molar-refractivity contribution is 0.410. The van der Waals surface area contributed by atoms with Crippen molar-refractivity contribution in [2.24, 2.45) is 0 Å². The summed E-state index contributed by atoms with van der Waals surface area (Å²) in [6.07, 6.45) is 2.06. The van der Waals surface area contributed by atoms with Gasteiger partial charge in [0.15, 0.2) is 0 Å². The number of thiophene rings is 1. The Labute approximate surface area is 115 Å². The molecule has 0 N–H and O–H groups in total. The number of ether oxygens (including phenoxy) is 1. The minimum absolute atomic E-state index is 0.946. The first-order valence-electron chi connectivity index (χ1n) is 5.63. The van der Waals surface area contributed by atoms with Gasteiger partial charge in [0.05, 0.1) is 7.11 Å². The van der Waals surface area contributed by atoms with Gasteiger partial charge in [-0.1, -0.05) is 28.9 Å². The minimum atomic E-state index is 0.946. The Kier molecular flexibility index (Phi) is 4.24.